The summed E-state index contributed by atoms with van der Waals surface area (Å²) in [6.07, 6.45) is 2.42. The summed E-state index contributed by atoms with van der Waals surface area (Å²) in [6, 6.07) is 2.26. The SMILES string of the molecule is Cc1nc(N)cc(NC2CCCN(C)C2)n1. The van der Waals surface area contributed by atoms with Crippen molar-refractivity contribution < 1.29 is 0 Å². The molecule has 1 fully saturated rings. The minimum absolute atomic E-state index is 0.465. The molecule has 88 valence electrons. The Kier molecular flexibility index (Phi) is 3.24. The predicted octanol–water partition coefficient (Wildman–Crippen LogP) is 0.873. The number of nitrogens with two attached hydrogens (primary N) is 1. The van der Waals surface area contributed by atoms with Crippen LogP contribution in [0, 0.1) is 6.92 Å². The van der Waals surface area contributed by atoms with Crippen LogP contribution in [0.15, 0.2) is 6.07 Å². The molecule has 2 heterocycles. The number of hydrogen-bond donors (Lipinski definition) is 2. The molecule has 5 nitrogen and oxygen atoms in total. The Morgan fingerprint density at radius 1 is 1.50 bits per heavy atom. The Bertz CT molecular complexity index is 345. The van der Waals surface area contributed by atoms with Crippen molar-refractivity contribution in [2.45, 2.75) is 25.8 Å². The lowest BCUT2D eigenvalue weighted by Gasteiger charge is -2.30. The molecule has 0 saturated carbocycles. The van der Waals surface area contributed by atoms with Gasteiger partial charge in [-0.1, -0.05) is 0 Å². The summed E-state index contributed by atoms with van der Waals surface area (Å²) in [5, 5.41) is 3.42. The Hall–Kier alpha value is -1.36. The molecule has 1 aliphatic rings. The van der Waals surface area contributed by atoms with Crippen LogP contribution in [0.1, 0.15) is 18.7 Å². The summed E-state index contributed by atoms with van der Waals surface area (Å²) in [5.41, 5.74) is 5.69. The zero-order chi connectivity index (χ0) is 11.5. The summed E-state index contributed by atoms with van der Waals surface area (Å²) >= 11 is 0. The van der Waals surface area contributed by atoms with Gasteiger partial charge in [0.25, 0.3) is 0 Å². The fraction of sp³-hybridized carbons (Fsp3) is 0.636. The van der Waals surface area contributed by atoms with Crippen molar-refractivity contribution in [3.63, 3.8) is 0 Å². The van der Waals surface area contributed by atoms with Gasteiger partial charge in [0.2, 0.25) is 0 Å². The number of likely N-dealkylation sites (N-methyl/N-ethyl adjacent to an activating group) is 1. The molecule has 0 aromatic carbocycles. The van der Waals surface area contributed by atoms with E-state index in [1.165, 1.54) is 19.4 Å². The molecule has 1 aromatic heterocycles. The monoisotopic (exact) mass is 221 g/mol. The number of nitrogen functional groups attached to an aromatic ring is 1. The van der Waals surface area contributed by atoms with Crippen molar-refractivity contribution in [3.8, 4) is 0 Å². The standard InChI is InChI=1S/C11H19N5/c1-8-13-10(12)6-11(14-8)15-9-4-3-5-16(2)7-9/h6,9H,3-5,7H2,1-2H3,(H3,12,13,14,15). The van der Waals surface area contributed by atoms with Crippen molar-refractivity contribution in [1.29, 1.82) is 0 Å². The molecule has 2 rings (SSSR count). The van der Waals surface area contributed by atoms with Crippen LogP contribution in [0.25, 0.3) is 0 Å². The number of aryl methyl sites for hydroxylation is 1. The third-order valence-electron chi connectivity index (χ3n) is 2.83. The van der Waals surface area contributed by atoms with Gasteiger partial charge in [-0.2, -0.15) is 0 Å². The average molecular weight is 221 g/mol. The molecule has 5 heteroatoms. The second kappa shape index (κ2) is 4.65. The molecular formula is C11H19N5. The van der Waals surface area contributed by atoms with Gasteiger partial charge in [-0.15, -0.1) is 0 Å². The summed E-state index contributed by atoms with van der Waals surface area (Å²) < 4.78 is 0. The number of nitrogens with zero attached hydrogens (tertiary/aromatic N) is 3. The molecular weight excluding hydrogens is 202 g/mol. The Morgan fingerprint density at radius 2 is 2.31 bits per heavy atom. The van der Waals surface area contributed by atoms with Crippen LogP contribution >= 0.6 is 0 Å². The molecule has 1 atom stereocenters. The van der Waals surface area contributed by atoms with Crippen LogP contribution in [0.2, 0.25) is 0 Å². The van der Waals surface area contributed by atoms with Crippen molar-refractivity contribution in [1.82, 2.24) is 14.9 Å². The lowest BCUT2D eigenvalue weighted by atomic mass is 10.1. The van der Waals surface area contributed by atoms with Gasteiger partial charge in [-0.25, -0.2) is 9.97 Å². The van der Waals surface area contributed by atoms with E-state index < -0.39 is 0 Å². The molecule has 0 amide bonds. The van der Waals surface area contributed by atoms with Gasteiger partial charge in [-0.05, 0) is 33.4 Å². The topological polar surface area (TPSA) is 67.1 Å². The van der Waals surface area contributed by atoms with Crippen molar-refractivity contribution >= 4 is 11.6 Å². The first kappa shape index (κ1) is 11.1. The molecule has 16 heavy (non-hydrogen) atoms. The number of piperidine rings is 1. The van der Waals surface area contributed by atoms with Crippen LogP contribution in [-0.2, 0) is 0 Å². The zero-order valence-corrected chi connectivity index (χ0v) is 9.90. The molecule has 0 aliphatic carbocycles. The Balaban J connectivity index is 2.02. The van der Waals surface area contributed by atoms with Gasteiger partial charge in [0, 0.05) is 18.7 Å². The highest BCUT2D eigenvalue weighted by Crippen LogP contribution is 2.15. The zero-order valence-electron chi connectivity index (χ0n) is 9.90. The molecule has 1 aromatic rings. The van der Waals surface area contributed by atoms with Crippen LogP contribution < -0.4 is 11.1 Å². The highest BCUT2D eigenvalue weighted by molar-refractivity contribution is 5.45. The summed E-state index contributed by atoms with van der Waals surface area (Å²) in [7, 11) is 2.15. The maximum absolute atomic E-state index is 5.69. The van der Waals surface area contributed by atoms with E-state index in [9.17, 15) is 0 Å². The van der Waals surface area contributed by atoms with Crippen LogP contribution in [0.3, 0.4) is 0 Å². The van der Waals surface area contributed by atoms with Gasteiger partial charge in [0.1, 0.15) is 17.5 Å². The quantitative estimate of drug-likeness (QED) is 0.775. The van der Waals surface area contributed by atoms with Gasteiger partial charge in [0.15, 0.2) is 0 Å². The van der Waals surface area contributed by atoms with E-state index in [0.29, 0.717) is 17.7 Å². The van der Waals surface area contributed by atoms with Crippen LogP contribution in [-0.4, -0.2) is 41.0 Å². The number of likely N-dealkylation sites (tertiary alicyclic amines) is 1. The molecule has 0 radical (unpaired) electrons. The van der Waals surface area contributed by atoms with Gasteiger partial charge >= 0.3 is 0 Å². The first-order valence-corrected chi connectivity index (χ1v) is 5.70. The normalized spacial score (nSPS) is 22.0. The fourth-order valence-corrected chi connectivity index (χ4v) is 2.16. The number of aromatic nitrogens is 2. The minimum atomic E-state index is 0.465. The largest absolute Gasteiger partial charge is 0.384 e. The molecule has 1 unspecified atom stereocenters. The summed E-state index contributed by atoms with van der Waals surface area (Å²) in [5.74, 6) is 2.08. The molecule has 1 aliphatic heterocycles. The van der Waals surface area contributed by atoms with E-state index >= 15 is 0 Å². The lowest BCUT2D eigenvalue weighted by molar-refractivity contribution is 0.260. The second-order valence-electron chi connectivity index (χ2n) is 4.47. The highest BCUT2D eigenvalue weighted by Gasteiger charge is 2.17. The van der Waals surface area contributed by atoms with E-state index in [-0.39, 0.29) is 0 Å². The van der Waals surface area contributed by atoms with Crippen molar-refractivity contribution in [3.05, 3.63) is 11.9 Å². The number of rotatable bonds is 2. The lowest BCUT2D eigenvalue weighted by Crippen LogP contribution is -2.39. The van der Waals surface area contributed by atoms with Gasteiger partial charge in [0.05, 0.1) is 0 Å². The molecule has 1 saturated heterocycles. The van der Waals surface area contributed by atoms with E-state index in [4.69, 9.17) is 5.73 Å². The smallest absolute Gasteiger partial charge is 0.132 e. The Morgan fingerprint density at radius 3 is 3.00 bits per heavy atom. The van der Waals surface area contributed by atoms with Gasteiger partial charge < -0.3 is 16.0 Å². The molecule has 0 spiro atoms. The molecule has 3 N–H and O–H groups in total. The third kappa shape index (κ3) is 2.82. The maximum Gasteiger partial charge on any atom is 0.132 e. The van der Waals surface area contributed by atoms with E-state index in [1.54, 1.807) is 6.07 Å². The van der Waals surface area contributed by atoms with Gasteiger partial charge in [-0.3, -0.25) is 0 Å². The van der Waals surface area contributed by atoms with Crippen LogP contribution in [0.4, 0.5) is 11.6 Å². The average Bonchev–Trinajstić information content (AvgIpc) is 2.15. The number of hydrogen-bond acceptors (Lipinski definition) is 5. The first-order chi connectivity index (χ1) is 7.63. The third-order valence-corrected chi connectivity index (χ3v) is 2.83. The molecule has 0 bridgehead atoms. The summed E-state index contributed by atoms with van der Waals surface area (Å²) in [4.78, 5) is 10.7. The maximum atomic E-state index is 5.69. The highest BCUT2D eigenvalue weighted by atomic mass is 15.2. The van der Waals surface area contributed by atoms with Crippen molar-refractivity contribution in [2.24, 2.45) is 0 Å². The fourth-order valence-electron chi connectivity index (χ4n) is 2.16. The predicted molar refractivity (Wildman–Crippen MR) is 65.3 cm³/mol. The number of anilines is 2. The van der Waals surface area contributed by atoms with E-state index in [1.807, 2.05) is 6.92 Å². The summed E-state index contributed by atoms with van der Waals surface area (Å²) in [6.45, 7) is 4.10. The van der Waals surface area contributed by atoms with Crippen LogP contribution in [0.5, 0.6) is 0 Å². The van der Waals surface area contributed by atoms with E-state index in [2.05, 4.69) is 27.2 Å². The first-order valence-electron chi connectivity index (χ1n) is 5.70. The minimum Gasteiger partial charge on any atom is -0.384 e. The van der Waals surface area contributed by atoms with Crippen molar-refractivity contribution in [2.75, 3.05) is 31.2 Å². The van der Waals surface area contributed by atoms with E-state index in [0.717, 1.165) is 12.4 Å². The second-order valence-corrected chi connectivity index (χ2v) is 4.47. The number of nitrogens with one attached hydrogen (secondary N) is 1. The Labute approximate surface area is 96.1 Å².